The van der Waals surface area contributed by atoms with Gasteiger partial charge in [-0.15, -0.1) is 6.58 Å². The Labute approximate surface area is 67.2 Å². The molecule has 0 aromatic carbocycles. The Kier molecular flexibility index (Phi) is 2.69. The molecule has 0 amide bonds. The second-order valence-corrected chi connectivity index (χ2v) is 3.06. The van der Waals surface area contributed by atoms with Gasteiger partial charge >= 0.3 is 5.97 Å². The van der Waals surface area contributed by atoms with E-state index in [9.17, 15) is 4.79 Å². The molecule has 0 radical (unpaired) electrons. The fourth-order valence-corrected chi connectivity index (χ4v) is 1.30. The number of hydrogen-bond acceptors (Lipinski definition) is 2. The zero-order chi connectivity index (χ0) is 8.27. The van der Waals surface area contributed by atoms with E-state index in [2.05, 4.69) is 6.58 Å². The van der Waals surface area contributed by atoms with Gasteiger partial charge in [-0.3, -0.25) is 4.79 Å². The summed E-state index contributed by atoms with van der Waals surface area (Å²) in [6.45, 7) is 5.53. The smallest absolute Gasteiger partial charge is 0.309 e. The van der Waals surface area contributed by atoms with Gasteiger partial charge in [-0.25, -0.2) is 0 Å². The molecule has 11 heavy (non-hydrogen) atoms. The van der Waals surface area contributed by atoms with E-state index < -0.39 is 0 Å². The van der Waals surface area contributed by atoms with Crippen LogP contribution in [-0.2, 0) is 9.53 Å². The predicted molar refractivity (Wildman–Crippen MR) is 43.1 cm³/mol. The highest BCUT2D eigenvalue weighted by atomic mass is 16.5. The molecule has 0 bridgehead atoms. The molecule has 1 saturated heterocycles. The van der Waals surface area contributed by atoms with Gasteiger partial charge < -0.3 is 4.74 Å². The third-order valence-corrected chi connectivity index (χ3v) is 1.99. The van der Waals surface area contributed by atoms with E-state index in [4.69, 9.17) is 4.74 Å². The summed E-state index contributed by atoms with van der Waals surface area (Å²) >= 11 is 0. The average molecular weight is 154 g/mol. The maximum absolute atomic E-state index is 10.9. The first kappa shape index (κ1) is 8.31. The summed E-state index contributed by atoms with van der Waals surface area (Å²) in [6.07, 6.45) is 4.75. The maximum Gasteiger partial charge on any atom is 0.309 e. The molecule has 0 aliphatic carbocycles. The number of hydrogen-bond donors (Lipinski definition) is 0. The van der Waals surface area contributed by atoms with Gasteiger partial charge in [-0.05, 0) is 19.3 Å². The summed E-state index contributed by atoms with van der Waals surface area (Å²) in [5.74, 6) is 0.0591. The van der Waals surface area contributed by atoms with Crippen molar-refractivity contribution < 1.29 is 9.53 Å². The number of carbonyl (C=O) groups excluding carboxylic acids is 1. The summed E-state index contributed by atoms with van der Waals surface area (Å²) in [5.41, 5.74) is 0. The first-order valence-corrected chi connectivity index (χ1v) is 4.05. The van der Waals surface area contributed by atoms with E-state index in [1.165, 1.54) is 0 Å². The number of esters is 1. The van der Waals surface area contributed by atoms with Crippen LogP contribution in [0.5, 0.6) is 0 Å². The molecule has 2 atom stereocenters. The summed E-state index contributed by atoms with van der Waals surface area (Å²) < 4.78 is 5.09. The molecule has 1 aliphatic rings. The van der Waals surface area contributed by atoms with Crippen LogP contribution in [0.1, 0.15) is 26.2 Å². The normalized spacial score (nSPS) is 30.1. The number of carbonyl (C=O) groups is 1. The molecule has 2 nitrogen and oxygen atoms in total. The number of rotatable bonds is 3. The molecule has 0 unspecified atom stereocenters. The monoisotopic (exact) mass is 154 g/mol. The van der Waals surface area contributed by atoms with Gasteiger partial charge in [0.25, 0.3) is 0 Å². The van der Waals surface area contributed by atoms with Crippen molar-refractivity contribution >= 4 is 5.97 Å². The van der Waals surface area contributed by atoms with E-state index in [0.717, 1.165) is 19.3 Å². The first-order valence-electron chi connectivity index (χ1n) is 4.05. The maximum atomic E-state index is 10.9. The van der Waals surface area contributed by atoms with Crippen LogP contribution in [0.2, 0.25) is 0 Å². The SMILES string of the molecule is C=CCC[C@@H]1C[C@H](C)C(=O)O1. The molecule has 1 aliphatic heterocycles. The number of allylic oxidation sites excluding steroid dienone is 1. The van der Waals surface area contributed by atoms with Crippen LogP contribution >= 0.6 is 0 Å². The minimum atomic E-state index is -0.0425. The fraction of sp³-hybridized carbons (Fsp3) is 0.667. The Morgan fingerprint density at radius 2 is 2.55 bits per heavy atom. The Morgan fingerprint density at radius 3 is 3.00 bits per heavy atom. The van der Waals surface area contributed by atoms with Gasteiger partial charge in [0.15, 0.2) is 0 Å². The minimum absolute atomic E-state index is 0.0425. The van der Waals surface area contributed by atoms with Crippen LogP contribution in [-0.4, -0.2) is 12.1 Å². The van der Waals surface area contributed by atoms with Crippen molar-refractivity contribution in [2.24, 2.45) is 5.92 Å². The Hall–Kier alpha value is -0.790. The standard InChI is InChI=1S/C9H14O2/c1-3-4-5-8-6-7(2)9(10)11-8/h3,7-8H,1,4-6H2,2H3/t7-,8+/m0/s1. The first-order chi connectivity index (χ1) is 5.24. The molecule has 0 N–H and O–H groups in total. The van der Waals surface area contributed by atoms with Crippen LogP contribution in [0.3, 0.4) is 0 Å². The summed E-state index contributed by atoms with van der Waals surface area (Å²) in [5, 5.41) is 0. The van der Waals surface area contributed by atoms with Gasteiger partial charge in [0.1, 0.15) is 6.10 Å². The second kappa shape index (κ2) is 3.56. The van der Waals surface area contributed by atoms with Crippen molar-refractivity contribution in [3.63, 3.8) is 0 Å². The van der Waals surface area contributed by atoms with Gasteiger partial charge in [-0.2, -0.15) is 0 Å². The van der Waals surface area contributed by atoms with Gasteiger partial charge in [0, 0.05) is 0 Å². The van der Waals surface area contributed by atoms with Gasteiger partial charge in [-0.1, -0.05) is 13.0 Å². The lowest BCUT2D eigenvalue weighted by Gasteiger charge is -2.05. The van der Waals surface area contributed by atoms with E-state index in [1.807, 2.05) is 13.0 Å². The van der Waals surface area contributed by atoms with Crippen molar-refractivity contribution in [2.45, 2.75) is 32.3 Å². The zero-order valence-corrected chi connectivity index (χ0v) is 6.88. The minimum Gasteiger partial charge on any atom is -0.462 e. The molecule has 0 saturated carbocycles. The lowest BCUT2D eigenvalue weighted by molar-refractivity contribution is -0.144. The topological polar surface area (TPSA) is 26.3 Å². The van der Waals surface area contributed by atoms with E-state index in [0.29, 0.717) is 0 Å². The average Bonchev–Trinajstić information content (AvgIpc) is 2.28. The van der Waals surface area contributed by atoms with Crippen molar-refractivity contribution in [2.75, 3.05) is 0 Å². The third kappa shape index (κ3) is 2.07. The molecular weight excluding hydrogens is 140 g/mol. The molecule has 1 fully saturated rings. The van der Waals surface area contributed by atoms with Gasteiger partial charge in [0.05, 0.1) is 5.92 Å². The van der Waals surface area contributed by atoms with E-state index in [-0.39, 0.29) is 18.0 Å². The fourth-order valence-electron chi connectivity index (χ4n) is 1.30. The van der Waals surface area contributed by atoms with Crippen LogP contribution in [0.25, 0.3) is 0 Å². The molecule has 0 aromatic heterocycles. The van der Waals surface area contributed by atoms with Crippen molar-refractivity contribution in [3.8, 4) is 0 Å². The van der Waals surface area contributed by atoms with E-state index >= 15 is 0 Å². The summed E-state index contributed by atoms with van der Waals surface area (Å²) in [7, 11) is 0. The largest absolute Gasteiger partial charge is 0.462 e. The Balaban J connectivity index is 2.29. The van der Waals surface area contributed by atoms with Crippen LogP contribution in [0.4, 0.5) is 0 Å². The van der Waals surface area contributed by atoms with Crippen molar-refractivity contribution in [1.29, 1.82) is 0 Å². The molecular formula is C9H14O2. The summed E-state index contributed by atoms with van der Waals surface area (Å²) in [6, 6.07) is 0. The van der Waals surface area contributed by atoms with Crippen LogP contribution < -0.4 is 0 Å². The van der Waals surface area contributed by atoms with Crippen molar-refractivity contribution in [1.82, 2.24) is 0 Å². The van der Waals surface area contributed by atoms with Gasteiger partial charge in [0.2, 0.25) is 0 Å². The predicted octanol–water partition coefficient (Wildman–Crippen LogP) is 1.90. The molecule has 0 aromatic rings. The van der Waals surface area contributed by atoms with Crippen LogP contribution in [0, 0.1) is 5.92 Å². The third-order valence-electron chi connectivity index (χ3n) is 1.99. The van der Waals surface area contributed by atoms with E-state index in [1.54, 1.807) is 0 Å². The highest BCUT2D eigenvalue weighted by molar-refractivity contribution is 5.74. The van der Waals surface area contributed by atoms with Crippen molar-refractivity contribution in [3.05, 3.63) is 12.7 Å². The number of ether oxygens (including phenoxy) is 1. The highest BCUT2D eigenvalue weighted by Crippen LogP contribution is 2.23. The zero-order valence-electron chi connectivity index (χ0n) is 6.88. The van der Waals surface area contributed by atoms with Crippen LogP contribution in [0.15, 0.2) is 12.7 Å². The lowest BCUT2D eigenvalue weighted by Crippen LogP contribution is -2.05. The molecule has 62 valence electrons. The lowest BCUT2D eigenvalue weighted by atomic mass is 10.0. The quantitative estimate of drug-likeness (QED) is 0.458. The summed E-state index contributed by atoms with van der Waals surface area (Å²) in [4.78, 5) is 10.9. The Bertz CT molecular complexity index is 163. The molecule has 1 rings (SSSR count). The Morgan fingerprint density at radius 1 is 1.82 bits per heavy atom. The molecule has 2 heteroatoms. The number of cyclic esters (lactones) is 1. The molecule has 0 spiro atoms. The molecule has 1 heterocycles. The highest BCUT2D eigenvalue weighted by Gasteiger charge is 2.29. The second-order valence-electron chi connectivity index (χ2n) is 3.06.